The lowest BCUT2D eigenvalue weighted by Gasteiger charge is -2.05. The van der Waals surface area contributed by atoms with E-state index in [1.54, 1.807) is 0 Å². The van der Waals surface area contributed by atoms with E-state index in [2.05, 4.69) is 5.92 Å². The summed E-state index contributed by atoms with van der Waals surface area (Å²) >= 11 is 0. The highest BCUT2D eigenvalue weighted by molar-refractivity contribution is 5.82. The highest BCUT2D eigenvalue weighted by Gasteiger charge is 2.21. The number of nitro groups is 1. The van der Waals surface area contributed by atoms with Crippen molar-refractivity contribution in [3.63, 3.8) is 0 Å². The van der Waals surface area contributed by atoms with Gasteiger partial charge in [-0.3, -0.25) is 14.9 Å². The summed E-state index contributed by atoms with van der Waals surface area (Å²) in [6, 6.07) is 1.50. The highest BCUT2D eigenvalue weighted by Crippen LogP contribution is 2.31. The number of hydrogen-bond donors (Lipinski definition) is 0. The van der Waals surface area contributed by atoms with Gasteiger partial charge in [0.1, 0.15) is 12.4 Å². The Morgan fingerprint density at radius 2 is 2.31 bits per heavy atom. The Labute approximate surface area is 90.0 Å². The number of ether oxygens (including phenoxy) is 1. The minimum atomic E-state index is -0.887. The van der Waals surface area contributed by atoms with Crippen LogP contribution in [0, 0.1) is 28.3 Å². The fourth-order valence-corrected chi connectivity index (χ4v) is 1.09. The van der Waals surface area contributed by atoms with Crippen LogP contribution in [0.3, 0.4) is 0 Å². The van der Waals surface area contributed by atoms with E-state index in [4.69, 9.17) is 11.2 Å². The predicted octanol–water partition coefficient (Wildman–Crippen LogP) is 1.56. The average Bonchev–Trinajstić information content (AvgIpc) is 2.26. The summed E-state index contributed by atoms with van der Waals surface area (Å²) in [5, 5.41) is 10.6. The Hall–Kier alpha value is -2.42. The average molecular weight is 223 g/mol. The number of nitrogens with zero attached hydrogens (tertiary/aromatic N) is 1. The number of hydrogen-bond acceptors (Lipinski definition) is 4. The maximum atomic E-state index is 12.9. The smallest absolute Gasteiger partial charge is 0.314 e. The van der Waals surface area contributed by atoms with Crippen LogP contribution in [-0.2, 0) is 0 Å². The Morgan fingerprint density at radius 3 is 2.81 bits per heavy atom. The molecule has 0 amide bonds. The molecule has 1 aromatic carbocycles. The monoisotopic (exact) mass is 223 g/mol. The minimum absolute atomic E-state index is 0.243. The first-order valence-electron chi connectivity index (χ1n) is 4.09. The molecular weight excluding hydrogens is 217 g/mol. The second kappa shape index (κ2) is 4.89. The van der Waals surface area contributed by atoms with Crippen LogP contribution in [-0.4, -0.2) is 17.8 Å². The van der Waals surface area contributed by atoms with Crippen LogP contribution in [0.15, 0.2) is 12.1 Å². The summed E-state index contributed by atoms with van der Waals surface area (Å²) in [5.41, 5.74) is -0.876. The summed E-state index contributed by atoms with van der Waals surface area (Å²) in [4.78, 5) is 20.3. The molecular formula is C10H6FNO4. The van der Waals surface area contributed by atoms with Crippen molar-refractivity contribution in [2.45, 2.75) is 0 Å². The number of carbonyl (C=O) groups excluding carboxylic acids is 1. The van der Waals surface area contributed by atoms with Crippen molar-refractivity contribution in [1.82, 2.24) is 0 Å². The number of terminal acetylenes is 1. The zero-order chi connectivity index (χ0) is 12.1. The van der Waals surface area contributed by atoms with Crippen molar-refractivity contribution in [2.75, 3.05) is 6.61 Å². The largest absolute Gasteiger partial charge is 0.473 e. The maximum absolute atomic E-state index is 12.9. The van der Waals surface area contributed by atoms with Gasteiger partial charge in [-0.15, -0.1) is 6.42 Å². The third kappa shape index (κ3) is 2.33. The van der Waals surface area contributed by atoms with Crippen LogP contribution < -0.4 is 4.74 Å². The van der Waals surface area contributed by atoms with Crippen LogP contribution in [0.25, 0.3) is 0 Å². The molecule has 0 N–H and O–H groups in total. The summed E-state index contributed by atoms with van der Waals surface area (Å²) in [6.07, 6.45) is 5.18. The van der Waals surface area contributed by atoms with E-state index in [0.717, 1.165) is 6.07 Å². The van der Waals surface area contributed by atoms with Crippen LogP contribution in [0.5, 0.6) is 5.75 Å². The van der Waals surface area contributed by atoms with Gasteiger partial charge in [0.15, 0.2) is 6.29 Å². The highest BCUT2D eigenvalue weighted by atomic mass is 19.1. The molecule has 82 valence electrons. The molecule has 0 bridgehead atoms. The first-order chi connectivity index (χ1) is 7.60. The summed E-state index contributed by atoms with van der Waals surface area (Å²) in [6.45, 7) is -0.243. The van der Waals surface area contributed by atoms with Crippen molar-refractivity contribution in [2.24, 2.45) is 0 Å². The lowest BCUT2D eigenvalue weighted by molar-refractivity contribution is -0.386. The lowest BCUT2D eigenvalue weighted by Crippen LogP contribution is -2.02. The Balaban J connectivity index is 3.33. The van der Waals surface area contributed by atoms with E-state index in [0.29, 0.717) is 6.07 Å². The normalized spacial score (nSPS) is 9.25. The first kappa shape index (κ1) is 11.7. The topological polar surface area (TPSA) is 69.4 Å². The SMILES string of the molecule is C#CCOc1c(C=O)cc(F)cc1[N+](=O)[O-]. The summed E-state index contributed by atoms with van der Waals surface area (Å²) in [7, 11) is 0. The van der Waals surface area contributed by atoms with E-state index in [1.165, 1.54) is 0 Å². The van der Waals surface area contributed by atoms with E-state index in [-0.39, 0.29) is 24.2 Å². The first-order valence-corrected chi connectivity index (χ1v) is 4.09. The van der Waals surface area contributed by atoms with Crippen molar-refractivity contribution < 1.29 is 18.8 Å². The second-order valence-electron chi connectivity index (χ2n) is 2.71. The quantitative estimate of drug-likeness (QED) is 0.336. The molecule has 0 aliphatic heterocycles. The number of nitro benzene ring substituents is 1. The molecule has 0 aliphatic rings. The molecule has 0 heterocycles. The molecule has 1 aromatic rings. The standard InChI is InChI=1S/C10H6FNO4/c1-2-3-16-10-7(6-13)4-8(11)5-9(10)12(14)15/h1,4-6H,3H2. The molecule has 0 saturated carbocycles. The van der Waals surface area contributed by atoms with E-state index >= 15 is 0 Å². The molecule has 0 fully saturated rings. The number of benzene rings is 1. The van der Waals surface area contributed by atoms with Crippen LogP contribution in [0.1, 0.15) is 10.4 Å². The van der Waals surface area contributed by atoms with Gasteiger partial charge in [0.05, 0.1) is 16.6 Å². The fraction of sp³-hybridized carbons (Fsp3) is 0.100. The molecule has 0 aromatic heterocycles. The van der Waals surface area contributed by atoms with Crippen LogP contribution in [0.4, 0.5) is 10.1 Å². The minimum Gasteiger partial charge on any atom is -0.473 e. The van der Waals surface area contributed by atoms with Crippen molar-refractivity contribution in [3.05, 3.63) is 33.6 Å². The molecule has 0 atom stereocenters. The van der Waals surface area contributed by atoms with Gasteiger partial charge in [0.2, 0.25) is 5.75 Å². The van der Waals surface area contributed by atoms with E-state index < -0.39 is 16.4 Å². The predicted molar refractivity (Wildman–Crippen MR) is 52.8 cm³/mol. The number of carbonyl (C=O) groups is 1. The summed E-state index contributed by atoms with van der Waals surface area (Å²) in [5.74, 6) is 0.887. The molecule has 5 nitrogen and oxygen atoms in total. The Kier molecular flexibility index (Phi) is 3.56. The molecule has 6 heteroatoms. The molecule has 0 spiro atoms. The fourth-order valence-electron chi connectivity index (χ4n) is 1.09. The number of rotatable bonds is 4. The van der Waals surface area contributed by atoms with Crippen molar-refractivity contribution >= 4 is 12.0 Å². The van der Waals surface area contributed by atoms with Gasteiger partial charge in [-0.1, -0.05) is 5.92 Å². The molecule has 1 rings (SSSR count). The van der Waals surface area contributed by atoms with Crippen molar-refractivity contribution in [3.8, 4) is 18.1 Å². The van der Waals surface area contributed by atoms with Gasteiger partial charge in [-0.05, 0) is 6.07 Å². The zero-order valence-corrected chi connectivity index (χ0v) is 7.97. The number of aldehydes is 1. The van der Waals surface area contributed by atoms with Gasteiger partial charge >= 0.3 is 5.69 Å². The van der Waals surface area contributed by atoms with Crippen LogP contribution >= 0.6 is 0 Å². The maximum Gasteiger partial charge on any atom is 0.314 e. The van der Waals surface area contributed by atoms with E-state index in [9.17, 15) is 19.3 Å². The zero-order valence-electron chi connectivity index (χ0n) is 7.97. The molecule has 0 unspecified atom stereocenters. The molecule has 0 radical (unpaired) electrons. The van der Waals surface area contributed by atoms with Crippen molar-refractivity contribution in [1.29, 1.82) is 0 Å². The third-order valence-corrected chi connectivity index (χ3v) is 1.69. The Morgan fingerprint density at radius 1 is 1.62 bits per heavy atom. The van der Waals surface area contributed by atoms with E-state index in [1.807, 2.05) is 0 Å². The van der Waals surface area contributed by atoms with Gasteiger partial charge in [-0.25, -0.2) is 4.39 Å². The number of halogens is 1. The summed E-state index contributed by atoms with van der Waals surface area (Å²) < 4.78 is 17.8. The van der Waals surface area contributed by atoms with Gasteiger partial charge in [-0.2, -0.15) is 0 Å². The van der Waals surface area contributed by atoms with Gasteiger partial charge < -0.3 is 4.74 Å². The van der Waals surface area contributed by atoms with Gasteiger partial charge in [0.25, 0.3) is 0 Å². The third-order valence-electron chi connectivity index (χ3n) is 1.69. The van der Waals surface area contributed by atoms with Gasteiger partial charge in [0, 0.05) is 0 Å². The molecule has 16 heavy (non-hydrogen) atoms. The molecule has 0 saturated heterocycles. The van der Waals surface area contributed by atoms with Crippen LogP contribution in [0.2, 0.25) is 0 Å². The Bertz CT molecular complexity index is 478. The molecule has 0 aliphatic carbocycles. The lowest BCUT2D eigenvalue weighted by atomic mass is 10.2. The second-order valence-corrected chi connectivity index (χ2v) is 2.71.